The Bertz CT molecular complexity index is 884. The van der Waals surface area contributed by atoms with Gasteiger partial charge in [0.05, 0.1) is 5.69 Å². The Morgan fingerprint density at radius 2 is 1.81 bits per heavy atom. The number of carbonyl (C=O) groups is 1. The third-order valence-electron chi connectivity index (χ3n) is 5.92. The largest absolute Gasteiger partial charge is 0.371 e. The van der Waals surface area contributed by atoms with Crippen molar-refractivity contribution in [2.24, 2.45) is 0 Å². The van der Waals surface area contributed by atoms with Gasteiger partial charge in [-0.05, 0) is 56.9 Å². The van der Waals surface area contributed by atoms with Gasteiger partial charge >= 0.3 is 0 Å². The molecule has 0 aliphatic carbocycles. The highest BCUT2D eigenvalue weighted by molar-refractivity contribution is 5.89. The molecule has 1 aliphatic heterocycles. The Hall–Kier alpha value is -2.83. The number of likely N-dealkylation sites (N-methyl/N-ethyl adjacent to an activating group) is 1. The van der Waals surface area contributed by atoms with Crippen LogP contribution in [-0.2, 0) is 4.79 Å². The predicted molar refractivity (Wildman–Crippen MR) is 131 cm³/mol. The fourth-order valence-corrected chi connectivity index (χ4v) is 4.24. The highest BCUT2D eigenvalue weighted by Crippen LogP contribution is 2.25. The van der Waals surface area contributed by atoms with Gasteiger partial charge in [0, 0.05) is 69.8 Å². The zero-order valence-corrected chi connectivity index (χ0v) is 19.6. The second kappa shape index (κ2) is 11.7. The molecule has 32 heavy (non-hydrogen) atoms. The monoisotopic (exact) mass is 441 g/mol. The number of pyridine rings is 1. The zero-order chi connectivity index (χ0) is 22.9. The standard InChI is InChI=1S/C25H36FN5O/c1-4-13-30(21-9-10-24(23(26)18-21)28-20(3)32)17-16-29(5-2)25-19-22(11-12-27-25)31-14-7-6-8-15-31/h9-12,18-19H,4-8,13-17H2,1-3H3,(H,28,32). The number of halogens is 1. The summed E-state index contributed by atoms with van der Waals surface area (Å²) in [5.74, 6) is 0.293. The van der Waals surface area contributed by atoms with Crippen LogP contribution in [-0.4, -0.2) is 50.2 Å². The number of hydrogen-bond donors (Lipinski definition) is 1. The number of nitrogens with zero attached hydrogens (tertiary/aromatic N) is 4. The molecule has 2 heterocycles. The summed E-state index contributed by atoms with van der Waals surface area (Å²) in [6.45, 7) is 11.1. The van der Waals surface area contributed by atoms with Crippen molar-refractivity contribution in [3.05, 3.63) is 42.3 Å². The van der Waals surface area contributed by atoms with Gasteiger partial charge in [-0.3, -0.25) is 4.79 Å². The molecule has 1 N–H and O–H groups in total. The first-order valence-corrected chi connectivity index (χ1v) is 11.8. The molecule has 6 nitrogen and oxygen atoms in total. The van der Waals surface area contributed by atoms with Crippen LogP contribution in [0, 0.1) is 5.82 Å². The number of benzene rings is 1. The quantitative estimate of drug-likeness (QED) is 0.568. The average molecular weight is 442 g/mol. The van der Waals surface area contributed by atoms with Crippen molar-refractivity contribution in [3.8, 4) is 0 Å². The van der Waals surface area contributed by atoms with Gasteiger partial charge in [0.2, 0.25) is 5.91 Å². The van der Waals surface area contributed by atoms with Crippen molar-refractivity contribution in [3.63, 3.8) is 0 Å². The summed E-state index contributed by atoms with van der Waals surface area (Å²) < 4.78 is 14.5. The van der Waals surface area contributed by atoms with Gasteiger partial charge in [0.25, 0.3) is 0 Å². The normalized spacial score (nSPS) is 13.7. The van der Waals surface area contributed by atoms with Crippen LogP contribution in [0.4, 0.5) is 27.3 Å². The molecule has 3 rings (SSSR count). The molecule has 0 saturated carbocycles. The number of carbonyl (C=O) groups excluding carboxylic acids is 1. The van der Waals surface area contributed by atoms with E-state index in [1.165, 1.54) is 37.9 Å². The van der Waals surface area contributed by atoms with Crippen LogP contribution >= 0.6 is 0 Å². The molecular weight excluding hydrogens is 405 g/mol. The fraction of sp³-hybridized carbons (Fsp3) is 0.520. The first-order chi connectivity index (χ1) is 15.5. The van der Waals surface area contributed by atoms with E-state index >= 15 is 0 Å². The number of piperidine rings is 1. The Morgan fingerprint density at radius 1 is 1.06 bits per heavy atom. The van der Waals surface area contributed by atoms with E-state index in [1.54, 1.807) is 6.07 Å². The van der Waals surface area contributed by atoms with E-state index in [9.17, 15) is 9.18 Å². The molecule has 0 spiro atoms. The van der Waals surface area contributed by atoms with Crippen molar-refractivity contribution in [2.75, 3.05) is 59.3 Å². The first-order valence-electron chi connectivity index (χ1n) is 11.8. The summed E-state index contributed by atoms with van der Waals surface area (Å²) >= 11 is 0. The molecule has 1 aliphatic rings. The lowest BCUT2D eigenvalue weighted by atomic mass is 10.1. The van der Waals surface area contributed by atoms with Gasteiger partial charge in [-0.25, -0.2) is 9.37 Å². The molecule has 7 heteroatoms. The molecule has 0 radical (unpaired) electrons. The molecule has 1 amide bonds. The molecule has 2 aromatic rings. The highest BCUT2D eigenvalue weighted by atomic mass is 19.1. The maximum atomic E-state index is 14.5. The van der Waals surface area contributed by atoms with Gasteiger partial charge in [-0.15, -0.1) is 0 Å². The number of rotatable bonds is 10. The Kier molecular flexibility index (Phi) is 8.71. The minimum absolute atomic E-state index is 0.214. The Morgan fingerprint density at radius 3 is 2.47 bits per heavy atom. The molecule has 0 unspecified atom stereocenters. The van der Waals surface area contributed by atoms with E-state index in [4.69, 9.17) is 0 Å². The van der Waals surface area contributed by atoms with E-state index in [-0.39, 0.29) is 11.6 Å². The number of nitrogens with one attached hydrogen (secondary N) is 1. The van der Waals surface area contributed by atoms with Crippen LogP contribution < -0.4 is 20.0 Å². The minimum atomic E-state index is -0.415. The zero-order valence-electron chi connectivity index (χ0n) is 19.6. The smallest absolute Gasteiger partial charge is 0.221 e. The van der Waals surface area contributed by atoms with Crippen LogP contribution in [0.1, 0.15) is 46.5 Å². The molecular formula is C25H36FN5O. The fourth-order valence-electron chi connectivity index (χ4n) is 4.24. The van der Waals surface area contributed by atoms with E-state index in [1.807, 2.05) is 12.3 Å². The lowest BCUT2D eigenvalue weighted by molar-refractivity contribution is -0.114. The van der Waals surface area contributed by atoms with Crippen molar-refractivity contribution < 1.29 is 9.18 Å². The number of amides is 1. The van der Waals surface area contributed by atoms with E-state index < -0.39 is 5.82 Å². The van der Waals surface area contributed by atoms with Crippen LogP contribution in [0.5, 0.6) is 0 Å². The van der Waals surface area contributed by atoms with Gasteiger partial charge in [0.1, 0.15) is 11.6 Å². The third-order valence-corrected chi connectivity index (χ3v) is 5.92. The van der Waals surface area contributed by atoms with Crippen molar-refractivity contribution in [1.82, 2.24) is 4.98 Å². The van der Waals surface area contributed by atoms with Gasteiger partial charge < -0.3 is 20.0 Å². The van der Waals surface area contributed by atoms with Crippen LogP contribution in [0.15, 0.2) is 36.5 Å². The van der Waals surface area contributed by atoms with Crippen LogP contribution in [0.3, 0.4) is 0 Å². The number of hydrogen-bond acceptors (Lipinski definition) is 5. The van der Waals surface area contributed by atoms with Crippen LogP contribution in [0.25, 0.3) is 0 Å². The third kappa shape index (κ3) is 6.34. The summed E-state index contributed by atoms with van der Waals surface area (Å²) in [5, 5.41) is 2.53. The number of aromatic nitrogens is 1. The summed E-state index contributed by atoms with van der Waals surface area (Å²) in [4.78, 5) is 22.8. The SMILES string of the molecule is CCCN(CCN(CC)c1cc(N2CCCCC2)ccn1)c1ccc(NC(C)=O)c(F)c1. The molecule has 1 aromatic carbocycles. The minimum Gasteiger partial charge on any atom is -0.371 e. The summed E-state index contributed by atoms with van der Waals surface area (Å²) in [7, 11) is 0. The lowest BCUT2D eigenvalue weighted by Crippen LogP contribution is -2.36. The van der Waals surface area contributed by atoms with Gasteiger partial charge in [-0.1, -0.05) is 6.92 Å². The van der Waals surface area contributed by atoms with Crippen molar-refractivity contribution in [2.45, 2.75) is 46.5 Å². The Balaban J connectivity index is 1.70. The lowest BCUT2D eigenvalue weighted by Gasteiger charge is -2.31. The summed E-state index contributed by atoms with van der Waals surface area (Å²) in [6.07, 6.45) is 6.68. The van der Waals surface area contributed by atoms with Crippen LogP contribution in [0.2, 0.25) is 0 Å². The van der Waals surface area contributed by atoms with E-state index in [0.29, 0.717) is 0 Å². The average Bonchev–Trinajstić information content (AvgIpc) is 2.80. The van der Waals surface area contributed by atoms with E-state index in [2.05, 4.69) is 51.0 Å². The second-order valence-corrected chi connectivity index (χ2v) is 8.33. The maximum absolute atomic E-state index is 14.5. The topological polar surface area (TPSA) is 51.7 Å². The second-order valence-electron chi connectivity index (χ2n) is 8.33. The highest BCUT2D eigenvalue weighted by Gasteiger charge is 2.15. The summed E-state index contributed by atoms with van der Waals surface area (Å²) in [5.41, 5.74) is 2.28. The predicted octanol–water partition coefficient (Wildman–Crippen LogP) is 4.91. The van der Waals surface area contributed by atoms with Crippen molar-refractivity contribution in [1.29, 1.82) is 0 Å². The summed E-state index contributed by atoms with van der Waals surface area (Å²) in [6, 6.07) is 9.31. The molecule has 1 fully saturated rings. The maximum Gasteiger partial charge on any atom is 0.221 e. The Labute approximate surface area is 191 Å². The molecule has 0 atom stereocenters. The number of anilines is 4. The molecule has 174 valence electrons. The molecule has 1 saturated heterocycles. The first kappa shape index (κ1) is 23.8. The molecule has 1 aromatic heterocycles. The van der Waals surface area contributed by atoms with Gasteiger partial charge in [0.15, 0.2) is 0 Å². The van der Waals surface area contributed by atoms with Crippen molar-refractivity contribution >= 4 is 28.8 Å². The van der Waals surface area contributed by atoms with E-state index in [0.717, 1.165) is 57.2 Å². The molecule has 0 bridgehead atoms. The van der Waals surface area contributed by atoms with Gasteiger partial charge in [-0.2, -0.15) is 0 Å².